The third-order valence-electron chi connectivity index (χ3n) is 3.47. The summed E-state index contributed by atoms with van der Waals surface area (Å²) in [5.41, 5.74) is 3.08. The number of benzene rings is 2. The van der Waals surface area contributed by atoms with Crippen molar-refractivity contribution in [2.45, 2.75) is 19.8 Å². The largest absolute Gasteiger partial charge is 0.493 e. The van der Waals surface area contributed by atoms with Gasteiger partial charge in [-0.3, -0.25) is 0 Å². The quantitative estimate of drug-likeness (QED) is 0.782. The van der Waals surface area contributed by atoms with E-state index in [2.05, 4.69) is 30.5 Å². The summed E-state index contributed by atoms with van der Waals surface area (Å²) in [6.45, 7) is 4.32. The van der Waals surface area contributed by atoms with Crippen molar-refractivity contribution >= 4 is 28.7 Å². The molecule has 0 aliphatic carbocycles. The molecule has 0 fully saturated rings. The molecular weight excluding hydrogens is 308 g/mol. The Labute approximate surface area is 142 Å². The molecule has 0 aliphatic heterocycles. The Kier molecular flexibility index (Phi) is 5.82. The van der Waals surface area contributed by atoms with Crippen molar-refractivity contribution in [3.63, 3.8) is 0 Å². The molecule has 0 heterocycles. The van der Waals surface area contributed by atoms with Gasteiger partial charge in [0.2, 0.25) is 0 Å². The van der Waals surface area contributed by atoms with Gasteiger partial charge in [0.05, 0.1) is 14.2 Å². The molecule has 0 radical (unpaired) electrons. The molecule has 2 N–H and O–H groups in total. The van der Waals surface area contributed by atoms with Gasteiger partial charge in [-0.1, -0.05) is 32.0 Å². The standard InChI is InChI=1S/C18H22N2O2S/c1-12(2)14-7-5-6-8-15(14)20-18(23)19-13-9-10-16(21-3)17(11-13)22-4/h5-12H,1-4H3,(H2,19,20,23). The smallest absolute Gasteiger partial charge is 0.175 e. The van der Waals surface area contributed by atoms with Crippen LogP contribution in [0.2, 0.25) is 0 Å². The van der Waals surface area contributed by atoms with E-state index in [9.17, 15) is 0 Å². The molecular formula is C18H22N2O2S. The van der Waals surface area contributed by atoms with Crippen molar-refractivity contribution in [3.8, 4) is 11.5 Å². The minimum atomic E-state index is 0.419. The minimum Gasteiger partial charge on any atom is -0.493 e. The highest BCUT2D eigenvalue weighted by atomic mass is 32.1. The molecule has 122 valence electrons. The molecule has 0 saturated heterocycles. The Morgan fingerprint density at radius 1 is 0.957 bits per heavy atom. The van der Waals surface area contributed by atoms with Crippen molar-refractivity contribution in [2.75, 3.05) is 24.9 Å². The van der Waals surface area contributed by atoms with E-state index in [0.29, 0.717) is 22.5 Å². The average molecular weight is 330 g/mol. The van der Waals surface area contributed by atoms with Crippen LogP contribution in [0.1, 0.15) is 25.3 Å². The van der Waals surface area contributed by atoms with Gasteiger partial charge in [0.15, 0.2) is 16.6 Å². The van der Waals surface area contributed by atoms with Gasteiger partial charge in [-0.15, -0.1) is 0 Å². The average Bonchev–Trinajstić information content (AvgIpc) is 2.54. The van der Waals surface area contributed by atoms with Crippen LogP contribution in [-0.2, 0) is 0 Å². The van der Waals surface area contributed by atoms with E-state index in [-0.39, 0.29) is 0 Å². The number of para-hydroxylation sites is 1. The molecule has 4 nitrogen and oxygen atoms in total. The van der Waals surface area contributed by atoms with Crippen molar-refractivity contribution in [3.05, 3.63) is 48.0 Å². The Hall–Kier alpha value is -2.27. The fourth-order valence-electron chi connectivity index (χ4n) is 2.31. The van der Waals surface area contributed by atoms with Crippen molar-refractivity contribution in [2.24, 2.45) is 0 Å². The minimum absolute atomic E-state index is 0.419. The van der Waals surface area contributed by atoms with E-state index in [1.807, 2.05) is 36.4 Å². The highest BCUT2D eigenvalue weighted by molar-refractivity contribution is 7.80. The number of nitrogens with one attached hydrogen (secondary N) is 2. The third kappa shape index (κ3) is 4.36. The zero-order valence-electron chi connectivity index (χ0n) is 13.8. The first-order valence-electron chi connectivity index (χ1n) is 7.44. The summed E-state index contributed by atoms with van der Waals surface area (Å²) in [5, 5.41) is 6.95. The Morgan fingerprint density at radius 2 is 1.65 bits per heavy atom. The monoisotopic (exact) mass is 330 g/mol. The van der Waals surface area contributed by atoms with Crippen LogP contribution >= 0.6 is 12.2 Å². The molecule has 2 aromatic rings. The fourth-order valence-corrected chi connectivity index (χ4v) is 2.54. The zero-order chi connectivity index (χ0) is 16.8. The van der Waals surface area contributed by atoms with Gasteiger partial charge in [-0.25, -0.2) is 0 Å². The maximum Gasteiger partial charge on any atom is 0.175 e. The topological polar surface area (TPSA) is 42.5 Å². The van der Waals surface area contributed by atoms with Crippen LogP contribution in [0.4, 0.5) is 11.4 Å². The normalized spacial score (nSPS) is 10.3. The summed E-state index contributed by atoms with van der Waals surface area (Å²) in [6, 6.07) is 13.7. The number of rotatable bonds is 5. The molecule has 5 heteroatoms. The Morgan fingerprint density at radius 3 is 2.30 bits per heavy atom. The summed E-state index contributed by atoms with van der Waals surface area (Å²) >= 11 is 5.41. The first-order chi connectivity index (χ1) is 11.0. The van der Waals surface area contributed by atoms with Gasteiger partial charge < -0.3 is 20.1 Å². The molecule has 0 unspecified atom stereocenters. The Bertz CT molecular complexity index is 686. The van der Waals surface area contributed by atoms with Gasteiger partial charge in [0.1, 0.15) is 0 Å². The second-order valence-corrected chi connectivity index (χ2v) is 5.80. The van der Waals surface area contributed by atoms with Gasteiger partial charge >= 0.3 is 0 Å². The predicted octanol–water partition coefficient (Wildman–Crippen LogP) is 4.64. The highest BCUT2D eigenvalue weighted by Gasteiger charge is 2.09. The lowest BCUT2D eigenvalue weighted by molar-refractivity contribution is 0.355. The van der Waals surface area contributed by atoms with Crippen LogP contribution in [0, 0.1) is 0 Å². The van der Waals surface area contributed by atoms with Crippen LogP contribution in [-0.4, -0.2) is 19.3 Å². The predicted molar refractivity (Wildman–Crippen MR) is 99.9 cm³/mol. The van der Waals surface area contributed by atoms with Crippen molar-refractivity contribution in [1.29, 1.82) is 0 Å². The number of hydrogen-bond donors (Lipinski definition) is 2. The SMILES string of the molecule is COc1ccc(NC(=S)Nc2ccccc2C(C)C)cc1OC. The highest BCUT2D eigenvalue weighted by Crippen LogP contribution is 2.30. The molecule has 0 spiro atoms. The molecule has 0 amide bonds. The van der Waals surface area contributed by atoms with E-state index in [1.54, 1.807) is 14.2 Å². The second-order valence-electron chi connectivity index (χ2n) is 5.39. The van der Waals surface area contributed by atoms with E-state index in [4.69, 9.17) is 21.7 Å². The zero-order valence-corrected chi connectivity index (χ0v) is 14.7. The van der Waals surface area contributed by atoms with E-state index in [1.165, 1.54) is 5.56 Å². The molecule has 0 bridgehead atoms. The van der Waals surface area contributed by atoms with Gasteiger partial charge in [0.25, 0.3) is 0 Å². The van der Waals surface area contributed by atoms with Crippen LogP contribution in [0.25, 0.3) is 0 Å². The van der Waals surface area contributed by atoms with E-state index in [0.717, 1.165) is 11.4 Å². The molecule has 0 aromatic heterocycles. The van der Waals surface area contributed by atoms with Crippen LogP contribution in [0.5, 0.6) is 11.5 Å². The van der Waals surface area contributed by atoms with Gasteiger partial charge in [-0.2, -0.15) is 0 Å². The molecule has 0 saturated carbocycles. The van der Waals surface area contributed by atoms with Crippen LogP contribution in [0.15, 0.2) is 42.5 Å². The summed E-state index contributed by atoms with van der Waals surface area (Å²) in [6.07, 6.45) is 0. The lowest BCUT2D eigenvalue weighted by Crippen LogP contribution is -2.20. The van der Waals surface area contributed by atoms with Crippen LogP contribution < -0.4 is 20.1 Å². The molecule has 0 atom stereocenters. The summed E-state index contributed by atoms with van der Waals surface area (Å²) in [7, 11) is 3.22. The lowest BCUT2D eigenvalue weighted by Gasteiger charge is -2.16. The van der Waals surface area contributed by atoms with E-state index >= 15 is 0 Å². The first-order valence-corrected chi connectivity index (χ1v) is 7.85. The van der Waals surface area contributed by atoms with Gasteiger partial charge in [0, 0.05) is 17.4 Å². The van der Waals surface area contributed by atoms with Crippen molar-refractivity contribution in [1.82, 2.24) is 0 Å². The number of ether oxygens (including phenoxy) is 2. The summed E-state index contributed by atoms with van der Waals surface area (Å²) < 4.78 is 10.5. The number of methoxy groups -OCH3 is 2. The summed E-state index contributed by atoms with van der Waals surface area (Å²) in [5.74, 6) is 1.76. The maximum atomic E-state index is 5.41. The van der Waals surface area contributed by atoms with Crippen LogP contribution in [0.3, 0.4) is 0 Å². The number of anilines is 2. The molecule has 2 aromatic carbocycles. The fraction of sp³-hybridized carbons (Fsp3) is 0.278. The van der Waals surface area contributed by atoms with Crippen molar-refractivity contribution < 1.29 is 9.47 Å². The maximum absolute atomic E-state index is 5.41. The molecule has 2 rings (SSSR count). The molecule has 23 heavy (non-hydrogen) atoms. The lowest BCUT2D eigenvalue weighted by atomic mass is 10.0. The Balaban J connectivity index is 2.11. The number of thiocarbonyl (C=S) groups is 1. The van der Waals surface area contributed by atoms with Gasteiger partial charge in [-0.05, 0) is 41.9 Å². The molecule has 0 aliphatic rings. The second kappa shape index (κ2) is 7.83. The summed E-state index contributed by atoms with van der Waals surface area (Å²) in [4.78, 5) is 0. The van der Waals surface area contributed by atoms with E-state index < -0.39 is 0 Å². The number of hydrogen-bond acceptors (Lipinski definition) is 3. The first kappa shape index (κ1) is 17.1. The third-order valence-corrected chi connectivity index (χ3v) is 3.68.